The normalized spacial score (nSPS) is 14.8. The van der Waals surface area contributed by atoms with Crippen molar-refractivity contribution in [2.75, 3.05) is 0 Å². The molecule has 0 N–H and O–H groups in total. The van der Waals surface area contributed by atoms with Crippen LogP contribution in [0, 0.1) is 0 Å². The summed E-state index contributed by atoms with van der Waals surface area (Å²) < 4.78 is 0. The number of rotatable bonds is 5. The second kappa shape index (κ2) is 6.53. The zero-order valence-electron chi connectivity index (χ0n) is 12.5. The van der Waals surface area contributed by atoms with E-state index in [-0.39, 0.29) is 0 Å². The summed E-state index contributed by atoms with van der Waals surface area (Å²) in [5.41, 5.74) is 5.52. The van der Waals surface area contributed by atoms with Gasteiger partial charge in [-0.25, -0.2) is 0 Å². The minimum atomic E-state index is 0.796. The summed E-state index contributed by atoms with van der Waals surface area (Å²) in [6, 6.07) is 15.1. The van der Waals surface area contributed by atoms with Crippen molar-refractivity contribution in [1.29, 1.82) is 0 Å². The lowest BCUT2D eigenvalue weighted by Gasteiger charge is -2.11. The number of thiol groups is 1. The molecule has 0 saturated heterocycles. The maximum atomic E-state index is 4.70. The molecule has 1 heteroatoms. The zero-order chi connectivity index (χ0) is 14.7. The molecule has 0 amide bonds. The summed E-state index contributed by atoms with van der Waals surface area (Å²) in [7, 11) is 0. The molecule has 108 valence electrons. The van der Waals surface area contributed by atoms with E-state index in [4.69, 9.17) is 12.6 Å². The van der Waals surface area contributed by atoms with E-state index < -0.39 is 0 Å². The van der Waals surface area contributed by atoms with Crippen molar-refractivity contribution in [1.82, 2.24) is 0 Å². The highest BCUT2D eigenvalue weighted by Gasteiger charge is 2.26. The van der Waals surface area contributed by atoms with Gasteiger partial charge in [0, 0.05) is 4.90 Å². The molecule has 0 aromatic heterocycles. The second-order valence-corrected chi connectivity index (χ2v) is 6.36. The van der Waals surface area contributed by atoms with Crippen molar-refractivity contribution >= 4 is 24.8 Å². The molecule has 0 bridgehead atoms. The largest absolute Gasteiger partial charge is 0.143 e. The maximum Gasteiger partial charge on any atom is 0.0116 e. The van der Waals surface area contributed by atoms with Gasteiger partial charge in [0.1, 0.15) is 0 Å². The molecule has 0 radical (unpaired) electrons. The van der Waals surface area contributed by atoms with Crippen LogP contribution in [0.3, 0.4) is 0 Å². The van der Waals surface area contributed by atoms with Crippen LogP contribution in [0.15, 0.2) is 47.4 Å². The molecule has 0 atom stereocenters. The summed E-state index contributed by atoms with van der Waals surface area (Å²) in [5, 5.41) is 0. The van der Waals surface area contributed by atoms with Crippen LogP contribution in [0.25, 0.3) is 12.2 Å². The molecule has 0 aliphatic heterocycles. The van der Waals surface area contributed by atoms with Crippen LogP contribution in [0.1, 0.15) is 54.4 Å². The van der Waals surface area contributed by atoms with Crippen molar-refractivity contribution in [2.45, 2.75) is 43.4 Å². The quantitative estimate of drug-likeness (QED) is 0.509. The van der Waals surface area contributed by atoms with Crippen molar-refractivity contribution in [3.8, 4) is 0 Å². The van der Waals surface area contributed by atoms with Crippen LogP contribution in [-0.4, -0.2) is 0 Å². The van der Waals surface area contributed by atoms with Gasteiger partial charge in [-0.1, -0.05) is 61.9 Å². The second-order valence-electron chi connectivity index (χ2n) is 5.88. The lowest BCUT2D eigenvalue weighted by atomic mass is 9.96. The van der Waals surface area contributed by atoms with Crippen LogP contribution in [0.5, 0.6) is 0 Å². The molecule has 0 heterocycles. The Morgan fingerprint density at radius 3 is 2.52 bits per heavy atom. The fourth-order valence-corrected chi connectivity index (χ4v) is 3.09. The van der Waals surface area contributed by atoms with E-state index in [1.54, 1.807) is 5.56 Å². The van der Waals surface area contributed by atoms with Crippen LogP contribution < -0.4 is 0 Å². The molecule has 21 heavy (non-hydrogen) atoms. The Morgan fingerprint density at radius 2 is 1.86 bits per heavy atom. The third-order valence-electron chi connectivity index (χ3n) is 4.08. The van der Waals surface area contributed by atoms with Gasteiger partial charge in [0.05, 0.1) is 0 Å². The molecule has 1 aliphatic rings. The van der Waals surface area contributed by atoms with E-state index in [1.807, 2.05) is 6.07 Å². The number of aryl methyl sites for hydroxylation is 1. The van der Waals surface area contributed by atoms with Crippen molar-refractivity contribution in [2.24, 2.45) is 0 Å². The summed E-state index contributed by atoms with van der Waals surface area (Å²) in [4.78, 5) is 1.10. The average molecular weight is 294 g/mol. The predicted octanol–water partition coefficient (Wildman–Crippen LogP) is 5.98. The standard InChI is InChI=1S/C20H22S/c1-2-6-17-13-18(10-9-15-7-4-3-5-8-15)20(21)14-19(17)16-11-12-16/h3-5,7-10,13-14,16,21H,2,6,11-12H2,1H3/b10-9+. The molecule has 0 spiro atoms. The Labute approximate surface area is 133 Å². The van der Waals surface area contributed by atoms with Gasteiger partial charge in [-0.05, 0) is 53.5 Å². The molecule has 2 aromatic carbocycles. The topological polar surface area (TPSA) is 0 Å². The van der Waals surface area contributed by atoms with E-state index in [0.717, 1.165) is 10.8 Å². The highest BCUT2D eigenvalue weighted by atomic mass is 32.1. The highest BCUT2D eigenvalue weighted by molar-refractivity contribution is 7.80. The van der Waals surface area contributed by atoms with E-state index >= 15 is 0 Å². The van der Waals surface area contributed by atoms with Crippen LogP contribution in [-0.2, 0) is 6.42 Å². The number of hydrogen-bond acceptors (Lipinski definition) is 1. The first kappa shape index (κ1) is 14.5. The monoisotopic (exact) mass is 294 g/mol. The van der Waals surface area contributed by atoms with E-state index in [1.165, 1.54) is 42.4 Å². The first-order valence-corrected chi connectivity index (χ1v) is 8.31. The average Bonchev–Trinajstić information content (AvgIpc) is 3.33. The van der Waals surface area contributed by atoms with Gasteiger partial charge in [-0.3, -0.25) is 0 Å². The Kier molecular flexibility index (Phi) is 4.50. The fraction of sp³-hybridized carbons (Fsp3) is 0.300. The number of benzene rings is 2. The van der Waals surface area contributed by atoms with E-state index in [2.05, 4.69) is 55.5 Å². The van der Waals surface area contributed by atoms with E-state index in [0.29, 0.717) is 0 Å². The van der Waals surface area contributed by atoms with Crippen LogP contribution >= 0.6 is 12.6 Å². The highest BCUT2D eigenvalue weighted by Crippen LogP contribution is 2.43. The maximum absolute atomic E-state index is 4.70. The summed E-state index contributed by atoms with van der Waals surface area (Å²) in [5.74, 6) is 0.796. The van der Waals surface area contributed by atoms with Crippen molar-refractivity contribution in [3.05, 3.63) is 64.7 Å². The SMILES string of the molecule is CCCc1cc(/C=C/c2ccccc2)c(S)cc1C1CC1. The van der Waals surface area contributed by atoms with Crippen LogP contribution in [0.2, 0.25) is 0 Å². The Balaban J connectivity index is 1.91. The van der Waals surface area contributed by atoms with Gasteiger partial charge in [0.15, 0.2) is 0 Å². The predicted molar refractivity (Wildman–Crippen MR) is 95.0 cm³/mol. The Morgan fingerprint density at radius 1 is 1.10 bits per heavy atom. The van der Waals surface area contributed by atoms with Gasteiger partial charge in [0.2, 0.25) is 0 Å². The van der Waals surface area contributed by atoms with E-state index in [9.17, 15) is 0 Å². The van der Waals surface area contributed by atoms with Gasteiger partial charge < -0.3 is 0 Å². The summed E-state index contributed by atoms with van der Waals surface area (Å²) in [6.45, 7) is 2.25. The lowest BCUT2D eigenvalue weighted by Crippen LogP contribution is -1.94. The lowest BCUT2D eigenvalue weighted by molar-refractivity contribution is 0.892. The molecular formula is C20H22S. The summed E-state index contributed by atoms with van der Waals surface area (Å²) in [6.07, 6.45) is 9.43. The number of hydrogen-bond donors (Lipinski definition) is 1. The van der Waals surface area contributed by atoms with Gasteiger partial charge in [-0.15, -0.1) is 12.6 Å². The van der Waals surface area contributed by atoms with Crippen molar-refractivity contribution < 1.29 is 0 Å². The third-order valence-corrected chi connectivity index (χ3v) is 4.47. The Hall–Kier alpha value is -1.47. The van der Waals surface area contributed by atoms with Gasteiger partial charge in [0.25, 0.3) is 0 Å². The fourth-order valence-electron chi connectivity index (χ4n) is 2.81. The molecule has 0 unspecified atom stereocenters. The minimum Gasteiger partial charge on any atom is -0.143 e. The smallest absolute Gasteiger partial charge is 0.0116 e. The van der Waals surface area contributed by atoms with Crippen LogP contribution in [0.4, 0.5) is 0 Å². The van der Waals surface area contributed by atoms with Gasteiger partial charge >= 0.3 is 0 Å². The molecule has 1 fully saturated rings. The van der Waals surface area contributed by atoms with Gasteiger partial charge in [-0.2, -0.15) is 0 Å². The van der Waals surface area contributed by atoms with Crippen molar-refractivity contribution in [3.63, 3.8) is 0 Å². The molecule has 0 nitrogen and oxygen atoms in total. The minimum absolute atomic E-state index is 0.796. The molecule has 2 aromatic rings. The third kappa shape index (κ3) is 3.59. The summed E-state index contributed by atoms with van der Waals surface area (Å²) >= 11 is 4.70. The Bertz CT molecular complexity index is 636. The molecule has 1 saturated carbocycles. The zero-order valence-corrected chi connectivity index (χ0v) is 13.4. The molecular weight excluding hydrogens is 272 g/mol. The first-order chi connectivity index (χ1) is 10.3. The first-order valence-electron chi connectivity index (χ1n) is 7.87. The molecule has 3 rings (SSSR count). The molecule has 1 aliphatic carbocycles.